The second-order valence-electron chi connectivity index (χ2n) is 10.8. The topological polar surface area (TPSA) is 88.2 Å². The van der Waals surface area contributed by atoms with Crippen LogP contribution in [0.1, 0.15) is 63.7 Å². The molecule has 1 N–H and O–H groups in total. The molecule has 8 nitrogen and oxygen atoms in total. The number of hydrogen-bond donors (Lipinski definition) is 1. The number of rotatable bonds is 9. The van der Waals surface area contributed by atoms with Crippen molar-refractivity contribution in [1.82, 2.24) is 15.1 Å². The molecule has 2 saturated heterocycles. The third-order valence-electron chi connectivity index (χ3n) is 6.69. The van der Waals surface area contributed by atoms with E-state index in [1.807, 2.05) is 29.2 Å². The molecule has 8 heteroatoms. The first-order valence-electron chi connectivity index (χ1n) is 12.4. The highest BCUT2D eigenvalue weighted by molar-refractivity contribution is 5.99. The number of hydrogen-bond acceptors (Lipinski definition) is 6. The smallest absolute Gasteiger partial charge is 0.408 e. The van der Waals surface area contributed by atoms with Gasteiger partial charge in [0.1, 0.15) is 17.4 Å². The van der Waals surface area contributed by atoms with E-state index in [0.29, 0.717) is 19.2 Å². The van der Waals surface area contributed by atoms with Crippen LogP contribution in [0.15, 0.2) is 24.3 Å². The van der Waals surface area contributed by atoms with E-state index in [9.17, 15) is 14.4 Å². The van der Waals surface area contributed by atoms with Crippen LogP contribution in [0, 0.1) is 5.92 Å². The minimum absolute atomic E-state index is 0.0510. The molecule has 1 saturated carbocycles. The predicted molar refractivity (Wildman–Crippen MR) is 128 cm³/mol. The van der Waals surface area contributed by atoms with Crippen LogP contribution in [0.2, 0.25) is 0 Å². The Morgan fingerprint density at radius 1 is 1.09 bits per heavy atom. The Hall–Kier alpha value is -2.61. The largest absolute Gasteiger partial charge is 0.494 e. The molecule has 3 atom stereocenters. The van der Waals surface area contributed by atoms with E-state index in [1.165, 1.54) is 0 Å². The van der Waals surface area contributed by atoms with Gasteiger partial charge in [-0.05, 0) is 77.6 Å². The van der Waals surface area contributed by atoms with Crippen molar-refractivity contribution >= 4 is 17.8 Å². The molecule has 3 aliphatic rings. The lowest BCUT2D eigenvalue weighted by Gasteiger charge is -2.35. The maximum atomic E-state index is 12.9. The number of likely N-dealkylation sites (tertiary alicyclic amines) is 2. The normalized spacial score (nSPS) is 23.0. The maximum absolute atomic E-state index is 12.9. The van der Waals surface area contributed by atoms with E-state index in [4.69, 9.17) is 9.47 Å². The lowest BCUT2D eigenvalue weighted by molar-refractivity contribution is -0.135. The highest BCUT2D eigenvalue weighted by Crippen LogP contribution is 2.33. The summed E-state index contributed by atoms with van der Waals surface area (Å²) in [6, 6.07) is 7.42. The zero-order chi connectivity index (χ0) is 24.5. The Labute approximate surface area is 201 Å². The molecular weight excluding hydrogens is 434 g/mol. The van der Waals surface area contributed by atoms with Gasteiger partial charge in [-0.15, -0.1) is 0 Å². The first-order chi connectivity index (χ1) is 16.1. The summed E-state index contributed by atoms with van der Waals surface area (Å²) in [5, 5.41) is 2.66. The summed E-state index contributed by atoms with van der Waals surface area (Å²) in [6.07, 6.45) is 3.34. The molecule has 2 amide bonds. The molecular formula is C26H37N3O5. The van der Waals surface area contributed by atoms with Crippen molar-refractivity contribution in [2.75, 3.05) is 26.2 Å². The molecule has 3 fully saturated rings. The monoisotopic (exact) mass is 471 g/mol. The van der Waals surface area contributed by atoms with Gasteiger partial charge in [0.25, 0.3) is 0 Å². The summed E-state index contributed by atoms with van der Waals surface area (Å²) in [5.41, 5.74) is 0.181. The third kappa shape index (κ3) is 6.09. The standard InChI is InChI=1S/C26H37N3O5/c1-17(27-25(32)34-26(2,3)4)24(31)29-16-20-14-21(29)15-28(20)12-5-13-33-22-10-8-19(9-11-22)23(30)18-6-7-18/h8-11,17-18,20-21H,5-7,12-16H2,1-4H3,(H,27,32)/t17-,20-,21-/m0/s1. The number of alkyl carbamates (subject to hydrolysis) is 1. The van der Waals surface area contributed by atoms with Gasteiger partial charge in [0.15, 0.2) is 5.78 Å². The number of Topliss-reactive ketones (excluding diaryl/α,β-unsaturated/α-hetero) is 1. The minimum Gasteiger partial charge on any atom is -0.494 e. The number of nitrogens with one attached hydrogen (secondary N) is 1. The van der Waals surface area contributed by atoms with Crippen LogP contribution in [0.3, 0.4) is 0 Å². The van der Waals surface area contributed by atoms with Gasteiger partial charge >= 0.3 is 6.09 Å². The molecule has 34 heavy (non-hydrogen) atoms. The minimum atomic E-state index is -0.609. The molecule has 0 radical (unpaired) electrons. The van der Waals surface area contributed by atoms with Crippen LogP contribution in [0.4, 0.5) is 4.79 Å². The fourth-order valence-electron chi connectivity index (χ4n) is 4.84. The molecule has 0 spiro atoms. The molecule has 2 heterocycles. The molecule has 186 valence electrons. The van der Waals surface area contributed by atoms with Crippen molar-refractivity contribution in [2.24, 2.45) is 5.92 Å². The van der Waals surface area contributed by atoms with Crippen molar-refractivity contribution in [1.29, 1.82) is 0 Å². The predicted octanol–water partition coefficient (Wildman–Crippen LogP) is 3.25. The zero-order valence-electron chi connectivity index (χ0n) is 20.7. The lowest BCUT2D eigenvalue weighted by Crippen LogP contribution is -2.54. The summed E-state index contributed by atoms with van der Waals surface area (Å²) < 4.78 is 11.1. The number of carbonyl (C=O) groups excluding carboxylic acids is 3. The van der Waals surface area contributed by atoms with Crippen molar-refractivity contribution in [2.45, 2.75) is 77.1 Å². The molecule has 0 unspecified atom stereocenters. The van der Waals surface area contributed by atoms with Gasteiger partial charge in [0, 0.05) is 43.2 Å². The van der Waals surface area contributed by atoms with E-state index in [1.54, 1.807) is 27.7 Å². The van der Waals surface area contributed by atoms with Gasteiger partial charge in [0.05, 0.1) is 6.61 Å². The van der Waals surface area contributed by atoms with E-state index in [-0.39, 0.29) is 23.7 Å². The van der Waals surface area contributed by atoms with Crippen LogP contribution in [0.5, 0.6) is 5.75 Å². The summed E-state index contributed by atoms with van der Waals surface area (Å²) in [4.78, 5) is 41.3. The first kappa shape index (κ1) is 24.5. The average molecular weight is 472 g/mol. The second kappa shape index (κ2) is 9.94. The Kier molecular flexibility index (Phi) is 7.17. The number of fused-ring (bicyclic) bond motifs is 2. The molecule has 4 rings (SSSR count). The molecule has 1 aromatic rings. The van der Waals surface area contributed by atoms with E-state index in [0.717, 1.165) is 50.1 Å². The van der Waals surface area contributed by atoms with Crippen molar-refractivity contribution in [3.63, 3.8) is 0 Å². The van der Waals surface area contributed by atoms with E-state index < -0.39 is 17.7 Å². The average Bonchev–Trinajstić information content (AvgIpc) is 3.44. The van der Waals surface area contributed by atoms with Crippen LogP contribution >= 0.6 is 0 Å². The van der Waals surface area contributed by atoms with Gasteiger partial charge < -0.3 is 19.7 Å². The van der Waals surface area contributed by atoms with Gasteiger partial charge in [-0.25, -0.2) is 4.79 Å². The van der Waals surface area contributed by atoms with Crippen LogP contribution in [-0.4, -0.2) is 77.6 Å². The quantitative estimate of drug-likeness (QED) is 0.439. The van der Waals surface area contributed by atoms with Crippen LogP contribution in [0.25, 0.3) is 0 Å². The van der Waals surface area contributed by atoms with Crippen molar-refractivity contribution in [3.05, 3.63) is 29.8 Å². The Balaban J connectivity index is 1.15. The molecule has 1 aromatic carbocycles. The van der Waals surface area contributed by atoms with Crippen molar-refractivity contribution in [3.8, 4) is 5.75 Å². The number of amides is 2. The number of ether oxygens (including phenoxy) is 2. The fraction of sp³-hybridized carbons (Fsp3) is 0.654. The van der Waals surface area contributed by atoms with Gasteiger partial charge in [-0.2, -0.15) is 0 Å². The molecule has 2 aliphatic heterocycles. The van der Waals surface area contributed by atoms with Crippen molar-refractivity contribution < 1.29 is 23.9 Å². The first-order valence-corrected chi connectivity index (χ1v) is 12.4. The third-order valence-corrected chi connectivity index (χ3v) is 6.69. The summed E-state index contributed by atoms with van der Waals surface area (Å²) >= 11 is 0. The molecule has 0 aromatic heterocycles. The van der Waals surface area contributed by atoms with Gasteiger partial charge in [-0.3, -0.25) is 14.5 Å². The van der Waals surface area contributed by atoms with Crippen LogP contribution in [-0.2, 0) is 9.53 Å². The Bertz CT molecular complexity index is 906. The second-order valence-corrected chi connectivity index (χ2v) is 10.8. The fourth-order valence-corrected chi connectivity index (χ4v) is 4.84. The number of piperazine rings is 1. The Morgan fingerprint density at radius 2 is 1.79 bits per heavy atom. The summed E-state index contributed by atoms with van der Waals surface area (Å²) in [5.74, 6) is 1.22. The van der Waals surface area contributed by atoms with Crippen LogP contribution < -0.4 is 10.1 Å². The highest BCUT2D eigenvalue weighted by Gasteiger charge is 2.45. The molecule has 1 aliphatic carbocycles. The maximum Gasteiger partial charge on any atom is 0.408 e. The van der Waals surface area contributed by atoms with E-state index >= 15 is 0 Å². The Morgan fingerprint density at radius 3 is 2.38 bits per heavy atom. The number of nitrogens with zero attached hydrogens (tertiary/aromatic N) is 2. The highest BCUT2D eigenvalue weighted by atomic mass is 16.6. The van der Waals surface area contributed by atoms with Gasteiger partial charge in [0.2, 0.25) is 5.91 Å². The lowest BCUT2D eigenvalue weighted by atomic mass is 10.1. The number of carbonyl (C=O) groups is 3. The summed E-state index contributed by atoms with van der Waals surface area (Å²) in [6.45, 7) is 10.2. The number of benzene rings is 1. The molecule has 2 bridgehead atoms. The zero-order valence-corrected chi connectivity index (χ0v) is 20.7. The summed E-state index contributed by atoms with van der Waals surface area (Å²) in [7, 11) is 0. The van der Waals surface area contributed by atoms with Gasteiger partial charge in [-0.1, -0.05) is 0 Å². The number of ketones is 1. The SMILES string of the molecule is C[C@H](NC(=O)OC(C)(C)C)C(=O)N1C[C@@H]2C[C@H]1CN2CCCOc1ccc(C(=O)C2CC2)cc1. The van der Waals surface area contributed by atoms with E-state index in [2.05, 4.69) is 10.2 Å².